The van der Waals surface area contributed by atoms with Crippen LogP contribution >= 0.6 is 0 Å². The predicted octanol–water partition coefficient (Wildman–Crippen LogP) is 3.53. The topological polar surface area (TPSA) is 54.7 Å². The highest BCUT2D eigenvalue weighted by molar-refractivity contribution is 5.55. The van der Waals surface area contributed by atoms with Crippen LogP contribution in [0.1, 0.15) is 51.8 Å². The molecule has 1 aromatic rings. The van der Waals surface area contributed by atoms with Gasteiger partial charge < -0.3 is 10.7 Å². The molecule has 0 spiro atoms. The molecule has 0 aliphatic heterocycles. The zero-order chi connectivity index (χ0) is 13.5. The Hall–Kier alpha value is -1.35. The summed E-state index contributed by atoms with van der Waals surface area (Å²) >= 11 is 0. The van der Waals surface area contributed by atoms with Gasteiger partial charge >= 0.3 is 0 Å². The summed E-state index contributed by atoms with van der Waals surface area (Å²) in [6.07, 6.45) is 7.84. The van der Waals surface area contributed by atoms with E-state index >= 15 is 0 Å². The first-order valence-corrected chi connectivity index (χ1v) is 6.31. The summed E-state index contributed by atoms with van der Waals surface area (Å²) < 4.78 is 0. The van der Waals surface area contributed by atoms with Crippen molar-refractivity contribution in [3.63, 3.8) is 0 Å². The third-order valence-corrected chi connectivity index (χ3v) is 2.20. The predicted molar refractivity (Wildman–Crippen MR) is 75.7 cm³/mol. The van der Waals surface area contributed by atoms with E-state index in [0.717, 1.165) is 17.2 Å². The van der Waals surface area contributed by atoms with Gasteiger partial charge in [0.2, 0.25) is 0 Å². The number of aryl methyl sites for hydroxylation is 1. The zero-order valence-electron chi connectivity index (χ0n) is 11.8. The Balaban J connectivity index is 0.000000581. The highest BCUT2D eigenvalue weighted by Gasteiger charge is 2.24. The van der Waals surface area contributed by atoms with Crippen LogP contribution < -0.4 is 5.73 Å². The first kappa shape index (κ1) is 15.7. The summed E-state index contributed by atoms with van der Waals surface area (Å²) in [6, 6.07) is 0. The minimum Gasteiger partial charge on any atom is -0.344 e. The molecule has 3 heteroatoms. The van der Waals surface area contributed by atoms with E-state index < -0.39 is 5.54 Å². The fraction of sp³-hybridized carbons (Fsp3) is 0.500. The van der Waals surface area contributed by atoms with Crippen molar-refractivity contribution in [2.24, 2.45) is 5.73 Å². The lowest BCUT2D eigenvalue weighted by Crippen LogP contribution is -2.31. The standard InChI is InChI=1S/C10H13N3.2C2H6/c1-7-12-8-5-3-4-6-10(2,11)9(8)13-7;2*1-2/h3-6H,11H2,1-2H3,(H,12,13);2*1-2H3. The van der Waals surface area contributed by atoms with Gasteiger partial charge in [0.1, 0.15) is 5.82 Å². The average molecular weight is 235 g/mol. The number of hydrogen-bond acceptors (Lipinski definition) is 2. The summed E-state index contributed by atoms with van der Waals surface area (Å²) in [5, 5.41) is 0. The van der Waals surface area contributed by atoms with Gasteiger partial charge in [-0.15, -0.1) is 0 Å². The molecular weight excluding hydrogens is 210 g/mol. The average Bonchev–Trinajstić information content (AvgIpc) is 2.66. The van der Waals surface area contributed by atoms with Crippen LogP contribution in [-0.2, 0) is 5.54 Å². The van der Waals surface area contributed by atoms with E-state index in [1.54, 1.807) is 0 Å². The summed E-state index contributed by atoms with van der Waals surface area (Å²) in [5.74, 6) is 0.904. The molecule has 1 aliphatic carbocycles. The van der Waals surface area contributed by atoms with Crippen molar-refractivity contribution in [3.05, 3.63) is 35.4 Å². The molecule has 1 aliphatic rings. The molecule has 2 rings (SSSR count). The maximum atomic E-state index is 6.10. The van der Waals surface area contributed by atoms with E-state index in [1.807, 2.05) is 65.8 Å². The third kappa shape index (κ3) is 3.86. The van der Waals surface area contributed by atoms with Crippen LogP contribution in [0.5, 0.6) is 0 Å². The lowest BCUT2D eigenvalue weighted by Gasteiger charge is -2.18. The molecule has 0 fully saturated rings. The maximum absolute atomic E-state index is 6.10. The SMILES string of the molecule is CC.CC.Cc1nc2c([nH]1)C(C)(N)C=CC=C2. The van der Waals surface area contributed by atoms with Crippen molar-refractivity contribution in [1.82, 2.24) is 9.97 Å². The fourth-order valence-corrected chi connectivity index (χ4v) is 1.53. The number of rotatable bonds is 0. The smallest absolute Gasteiger partial charge is 0.103 e. The molecule has 1 aromatic heterocycles. The van der Waals surface area contributed by atoms with Crippen LogP contribution in [0.3, 0.4) is 0 Å². The Bertz CT molecular complexity index is 384. The molecule has 1 atom stereocenters. The van der Waals surface area contributed by atoms with Crippen molar-refractivity contribution in [2.45, 2.75) is 47.1 Å². The number of nitrogens with one attached hydrogen (secondary N) is 1. The van der Waals surface area contributed by atoms with Crippen LogP contribution in [0.4, 0.5) is 0 Å². The lowest BCUT2D eigenvalue weighted by molar-refractivity contribution is 0.609. The van der Waals surface area contributed by atoms with E-state index in [4.69, 9.17) is 5.73 Å². The van der Waals surface area contributed by atoms with Crippen molar-refractivity contribution in [1.29, 1.82) is 0 Å². The number of nitrogens with zero attached hydrogens (tertiary/aromatic N) is 1. The van der Waals surface area contributed by atoms with E-state index in [1.165, 1.54) is 0 Å². The summed E-state index contributed by atoms with van der Waals surface area (Å²) in [4.78, 5) is 7.53. The Labute approximate surface area is 105 Å². The van der Waals surface area contributed by atoms with Gasteiger partial charge in [0.05, 0.1) is 16.9 Å². The number of allylic oxidation sites excluding steroid dienone is 2. The molecule has 1 heterocycles. The molecule has 3 N–H and O–H groups in total. The number of imidazole rings is 1. The molecule has 0 saturated carbocycles. The highest BCUT2D eigenvalue weighted by Crippen LogP contribution is 2.24. The summed E-state index contributed by atoms with van der Waals surface area (Å²) in [6.45, 7) is 11.9. The number of H-pyrrole nitrogens is 1. The van der Waals surface area contributed by atoms with Crippen LogP contribution in [0.25, 0.3) is 6.08 Å². The van der Waals surface area contributed by atoms with Crippen molar-refractivity contribution >= 4 is 6.08 Å². The van der Waals surface area contributed by atoms with E-state index in [-0.39, 0.29) is 0 Å². The molecule has 0 radical (unpaired) electrons. The Morgan fingerprint density at radius 1 is 1.18 bits per heavy atom. The second-order valence-electron chi connectivity index (χ2n) is 3.58. The lowest BCUT2D eigenvalue weighted by atomic mass is 9.98. The monoisotopic (exact) mass is 235 g/mol. The minimum absolute atomic E-state index is 0.444. The van der Waals surface area contributed by atoms with Gasteiger partial charge in [-0.3, -0.25) is 0 Å². The molecule has 0 saturated heterocycles. The fourth-order valence-electron chi connectivity index (χ4n) is 1.53. The molecule has 0 aromatic carbocycles. The number of hydrogen-bond donors (Lipinski definition) is 2. The van der Waals surface area contributed by atoms with Gasteiger partial charge in [-0.25, -0.2) is 4.98 Å². The molecule has 96 valence electrons. The van der Waals surface area contributed by atoms with Gasteiger partial charge in [0, 0.05) is 0 Å². The number of fused-ring (bicyclic) bond motifs is 1. The quantitative estimate of drug-likeness (QED) is 0.722. The Morgan fingerprint density at radius 2 is 1.76 bits per heavy atom. The van der Waals surface area contributed by atoms with Crippen LogP contribution in [0.2, 0.25) is 0 Å². The van der Waals surface area contributed by atoms with Crippen molar-refractivity contribution in [3.8, 4) is 0 Å². The normalized spacial score (nSPS) is 20.4. The third-order valence-electron chi connectivity index (χ3n) is 2.20. The first-order chi connectivity index (χ1) is 8.09. The van der Waals surface area contributed by atoms with Gasteiger partial charge in [-0.1, -0.05) is 45.9 Å². The molecular formula is C14H25N3. The number of aromatic amines is 1. The second kappa shape index (κ2) is 7.07. The van der Waals surface area contributed by atoms with Crippen molar-refractivity contribution < 1.29 is 0 Å². The van der Waals surface area contributed by atoms with Crippen molar-refractivity contribution in [2.75, 3.05) is 0 Å². The van der Waals surface area contributed by atoms with E-state index in [0.29, 0.717) is 0 Å². The summed E-state index contributed by atoms with van der Waals surface area (Å²) in [5.41, 5.74) is 7.58. The van der Waals surface area contributed by atoms with E-state index in [9.17, 15) is 0 Å². The zero-order valence-corrected chi connectivity index (χ0v) is 11.8. The molecule has 17 heavy (non-hydrogen) atoms. The van der Waals surface area contributed by atoms with Gasteiger partial charge in [0.25, 0.3) is 0 Å². The maximum Gasteiger partial charge on any atom is 0.103 e. The molecule has 1 unspecified atom stereocenters. The first-order valence-electron chi connectivity index (χ1n) is 6.31. The molecule has 3 nitrogen and oxygen atoms in total. The van der Waals surface area contributed by atoms with Crippen LogP contribution in [0.15, 0.2) is 18.2 Å². The largest absolute Gasteiger partial charge is 0.344 e. The second-order valence-corrected chi connectivity index (χ2v) is 3.58. The Morgan fingerprint density at radius 3 is 2.35 bits per heavy atom. The number of aromatic nitrogens is 2. The van der Waals surface area contributed by atoms with E-state index in [2.05, 4.69) is 9.97 Å². The minimum atomic E-state index is -0.444. The van der Waals surface area contributed by atoms with Crippen LogP contribution in [-0.4, -0.2) is 9.97 Å². The number of nitrogens with two attached hydrogens (primary N) is 1. The van der Waals surface area contributed by atoms with Gasteiger partial charge in [-0.05, 0) is 19.9 Å². The summed E-state index contributed by atoms with van der Waals surface area (Å²) in [7, 11) is 0. The molecule has 0 amide bonds. The Kier molecular flexibility index (Phi) is 6.51. The van der Waals surface area contributed by atoms with Gasteiger partial charge in [0.15, 0.2) is 0 Å². The highest BCUT2D eigenvalue weighted by atomic mass is 15.0. The van der Waals surface area contributed by atoms with Gasteiger partial charge in [-0.2, -0.15) is 0 Å². The molecule has 0 bridgehead atoms. The van der Waals surface area contributed by atoms with Crippen LogP contribution in [0, 0.1) is 6.92 Å².